The Hall–Kier alpha value is -0.0800. The van der Waals surface area contributed by atoms with E-state index in [0.29, 0.717) is 10.8 Å². The van der Waals surface area contributed by atoms with Crippen molar-refractivity contribution in [3.05, 3.63) is 0 Å². The van der Waals surface area contributed by atoms with Gasteiger partial charge in [-0.15, -0.1) is 0 Å². The molecule has 5 atom stereocenters. The van der Waals surface area contributed by atoms with Crippen LogP contribution in [0.4, 0.5) is 0 Å². The van der Waals surface area contributed by atoms with Crippen molar-refractivity contribution in [3.8, 4) is 0 Å². The number of nitrogens with zero attached hydrogens (tertiary/aromatic N) is 1. The minimum Gasteiger partial charge on any atom is -0.310 e. The highest BCUT2D eigenvalue weighted by Gasteiger charge is 2.59. The van der Waals surface area contributed by atoms with Crippen LogP contribution in [0.2, 0.25) is 0 Å². The molecule has 3 aliphatic rings. The molecule has 1 heterocycles. The summed E-state index contributed by atoms with van der Waals surface area (Å²) in [5.74, 6) is 1.74. The molecule has 1 N–H and O–H groups in total. The van der Waals surface area contributed by atoms with Crippen LogP contribution in [0.5, 0.6) is 0 Å². The first-order valence-electron chi connectivity index (χ1n) is 8.27. The monoisotopic (exact) mass is 264 g/mol. The number of fused-ring (bicyclic) bond motifs is 2. The zero-order valence-electron chi connectivity index (χ0n) is 13.5. The van der Waals surface area contributed by atoms with Crippen LogP contribution in [0.25, 0.3) is 0 Å². The number of piperidine rings is 1. The van der Waals surface area contributed by atoms with Crippen molar-refractivity contribution < 1.29 is 0 Å². The van der Waals surface area contributed by atoms with Crippen molar-refractivity contribution in [3.63, 3.8) is 0 Å². The Morgan fingerprint density at radius 2 is 1.89 bits per heavy atom. The highest BCUT2D eigenvalue weighted by atomic mass is 15.1. The molecule has 0 radical (unpaired) electrons. The Kier molecular flexibility index (Phi) is 3.26. The molecule has 2 aliphatic carbocycles. The van der Waals surface area contributed by atoms with E-state index in [4.69, 9.17) is 0 Å². The summed E-state index contributed by atoms with van der Waals surface area (Å²) in [6.45, 7) is 12.5. The molecule has 1 saturated heterocycles. The van der Waals surface area contributed by atoms with Gasteiger partial charge in [-0.2, -0.15) is 0 Å². The van der Waals surface area contributed by atoms with Crippen molar-refractivity contribution in [1.82, 2.24) is 10.2 Å². The molecule has 110 valence electrons. The normalized spacial score (nSPS) is 49.7. The van der Waals surface area contributed by atoms with E-state index in [1.165, 1.54) is 38.8 Å². The van der Waals surface area contributed by atoms with E-state index in [0.717, 1.165) is 23.9 Å². The predicted octanol–water partition coefficient (Wildman–Crippen LogP) is 3.13. The lowest BCUT2D eigenvalue weighted by Crippen LogP contribution is -2.58. The summed E-state index contributed by atoms with van der Waals surface area (Å²) in [6.07, 6.45) is 5.69. The Balaban J connectivity index is 1.72. The maximum Gasteiger partial charge on any atom is 0.0177 e. The van der Waals surface area contributed by atoms with Crippen LogP contribution in [0.1, 0.15) is 53.4 Å². The van der Waals surface area contributed by atoms with Crippen LogP contribution >= 0.6 is 0 Å². The van der Waals surface area contributed by atoms with Crippen molar-refractivity contribution in [2.24, 2.45) is 22.7 Å². The second kappa shape index (κ2) is 4.46. The van der Waals surface area contributed by atoms with E-state index >= 15 is 0 Å². The smallest absolute Gasteiger partial charge is 0.0177 e. The molecule has 5 unspecified atom stereocenters. The second-order valence-electron chi connectivity index (χ2n) is 8.65. The summed E-state index contributed by atoms with van der Waals surface area (Å²) in [4.78, 5) is 2.48. The molecule has 19 heavy (non-hydrogen) atoms. The van der Waals surface area contributed by atoms with Gasteiger partial charge in [0.15, 0.2) is 0 Å². The molecule has 2 nitrogen and oxygen atoms in total. The van der Waals surface area contributed by atoms with Crippen molar-refractivity contribution in [2.45, 2.75) is 65.5 Å². The standard InChI is InChI=1S/C17H32N2/c1-12-11-19(5)9-7-14(12)18-15-16(2,3)13-6-8-17(15,4)10-13/h12-15,18H,6-11H2,1-5H3. The number of nitrogens with one attached hydrogen (secondary N) is 1. The molecule has 3 rings (SSSR count). The zero-order chi connectivity index (χ0) is 13.8. The Morgan fingerprint density at radius 1 is 1.16 bits per heavy atom. The van der Waals surface area contributed by atoms with Crippen LogP contribution in [0, 0.1) is 22.7 Å². The number of likely N-dealkylation sites (tertiary alicyclic amines) is 1. The lowest BCUT2D eigenvalue weighted by molar-refractivity contribution is 0.0716. The van der Waals surface area contributed by atoms with Crippen LogP contribution in [0.3, 0.4) is 0 Å². The fraction of sp³-hybridized carbons (Fsp3) is 1.00. The van der Waals surface area contributed by atoms with Gasteiger partial charge < -0.3 is 10.2 Å². The van der Waals surface area contributed by atoms with Crippen LogP contribution in [-0.2, 0) is 0 Å². The van der Waals surface area contributed by atoms with E-state index < -0.39 is 0 Å². The molecular formula is C17H32N2. The van der Waals surface area contributed by atoms with Gasteiger partial charge in [-0.3, -0.25) is 0 Å². The quantitative estimate of drug-likeness (QED) is 0.824. The molecule has 2 heteroatoms. The summed E-state index contributed by atoms with van der Waals surface area (Å²) < 4.78 is 0. The summed E-state index contributed by atoms with van der Waals surface area (Å²) >= 11 is 0. The van der Waals surface area contributed by atoms with Crippen molar-refractivity contribution in [1.29, 1.82) is 0 Å². The van der Waals surface area contributed by atoms with Gasteiger partial charge in [-0.25, -0.2) is 0 Å². The molecule has 1 aliphatic heterocycles. The molecule has 2 saturated carbocycles. The Morgan fingerprint density at radius 3 is 2.47 bits per heavy atom. The van der Waals surface area contributed by atoms with Gasteiger partial charge in [0, 0.05) is 18.6 Å². The summed E-state index contributed by atoms with van der Waals surface area (Å²) in [6, 6.07) is 1.46. The first kappa shape index (κ1) is 13.9. The zero-order valence-corrected chi connectivity index (χ0v) is 13.5. The van der Waals surface area contributed by atoms with Gasteiger partial charge in [0.2, 0.25) is 0 Å². The van der Waals surface area contributed by atoms with E-state index in [-0.39, 0.29) is 0 Å². The highest BCUT2D eigenvalue weighted by molar-refractivity contribution is 5.12. The van der Waals surface area contributed by atoms with E-state index in [9.17, 15) is 0 Å². The second-order valence-corrected chi connectivity index (χ2v) is 8.65. The lowest BCUT2D eigenvalue weighted by atomic mass is 9.68. The summed E-state index contributed by atoms with van der Waals surface area (Å²) in [5.41, 5.74) is 1.06. The maximum absolute atomic E-state index is 4.12. The van der Waals surface area contributed by atoms with E-state index in [2.05, 4.69) is 45.0 Å². The Bertz CT molecular complexity index is 346. The minimum absolute atomic E-state index is 0.496. The average Bonchev–Trinajstić information content (AvgIpc) is 2.78. The van der Waals surface area contributed by atoms with Crippen molar-refractivity contribution >= 4 is 0 Å². The first-order valence-corrected chi connectivity index (χ1v) is 8.27. The van der Waals surface area contributed by atoms with Gasteiger partial charge in [0.25, 0.3) is 0 Å². The maximum atomic E-state index is 4.12. The summed E-state index contributed by atoms with van der Waals surface area (Å²) in [5, 5.41) is 4.12. The third-order valence-electron chi connectivity index (χ3n) is 6.76. The van der Waals surface area contributed by atoms with Crippen LogP contribution in [0.15, 0.2) is 0 Å². The largest absolute Gasteiger partial charge is 0.310 e. The molecule has 0 aromatic heterocycles. The molecule has 0 spiro atoms. The van der Waals surface area contributed by atoms with Gasteiger partial charge in [0.05, 0.1) is 0 Å². The summed E-state index contributed by atoms with van der Waals surface area (Å²) in [7, 11) is 2.26. The minimum atomic E-state index is 0.496. The molecular weight excluding hydrogens is 232 g/mol. The third kappa shape index (κ3) is 2.15. The topological polar surface area (TPSA) is 15.3 Å². The van der Waals surface area contributed by atoms with Crippen LogP contribution < -0.4 is 5.32 Å². The first-order chi connectivity index (χ1) is 8.83. The predicted molar refractivity (Wildman–Crippen MR) is 81.2 cm³/mol. The molecule has 3 fully saturated rings. The SMILES string of the molecule is CC1CN(C)CCC1NC1C2(C)CCC(C2)C1(C)C. The van der Waals surface area contributed by atoms with Gasteiger partial charge >= 0.3 is 0 Å². The number of hydrogen-bond acceptors (Lipinski definition) is 2. The lowest BCUT2D eigenvalue weighted by Gasteiger charge is -2.47. The highest BCUT2D eigenvalue weighted by Crippen LogP contribution is 2.62. The molecule has 0 aromatic carbocycles. The van der Waals surface area contributed by atoms with Crippen molar-refractivity contribution in [2.75, 3.05) is 20.1 Å². The number of rotatable bonds is 2. The van der Waals surface area contributed by atoms with E-state index in [1.54, 1.807) is 0 Å². The van der Waals surface area contributed by atoms with Crippen LogP contribution in [-0.4, -0.2) is 37.1 Å². The van der Waals surface area contributed by atoms with Gasteiger partial charge in [0.1, 0.15) is 0 Å². The fourth-order valence-electron chi connectivity index (χ4n) is 5.53. The average molecular weight is 264 g/mol. The van der Waals surface area contributed by atoms with Gasteiger partial charge in [-0.1, -0.05) is 27.7 Å². The molecule has 0 aromatic rings. The molecule has 0 amide bonds. The molecule has 2 bridgehead atoms. The third-order valence-corrected chi connectivity index (χ3v) is 6.76. The Labute approximate surface area is 119 Å². The number of hydrogen-bond donors (Lipinski definition) is 1. The van der Waals surface area contributed by atoms with E-state index in [1.807, 2.05) is 0 Å². The fourth-order valence-corrected chi connectivity index (χ4v) is 5.53. The van der Waals surface area contributed by atoms with Gasteiger partial charge in [-0.05, 0) is 61.9 Å².